The fraction of sp³-hybridized carbons (Fsp3) is 0.615. The maximum Gasteiger partial charge on any atom is 0.437 e. The molecule has 2 nitrogen and oxygen atoms in total. The zero-order valence-electron chi connectivity index (χ0n) is 10.6. The minimum absolute atomic E-state index is 0.0756. The molecule has 0 saturated heterocycles. The number of nitrogens with zero attached hydrogens (tertiary/aromatic N) is 1. The van der Waals surface area contributed by atoms with Gasteiger partial charge >= 0.3 is 6.18 Å². The number of aromatic nitrogens is 1. The third-order valence-electron chi connectivity index (χ3n) is 2.71. The van der Waals surface area contributed by atoms with Crippen LogP contribution in [-0.4, -0.2) is 11.1 Å². The number of ether oxygens (including phenoxy) is 1. The van der Waals surface area contributed by atoms with Gasteiger partial charge in [0, 0.05) is 11.1 Å². The zero-order chi connectivity index (χ0) is 13.6. The fourth-order valence-electron chi connectivity index (χ4n) is 1.53. The maximum atomic E-state index is 12.9. The average molecular weight is 259 g/mol. The molecule has 0 bridgehead atoms. The molecule has 0 atom stereocenters. The summed E-state index contributed by atoms with van der Waals surface area (Å²) in [5.74, 6) is -0.155. The van der Waals surface area contributed by atoms with E-state index in [4.69, 9.17) is 4.74 Å². The molecule has 18 heavy (non-hydrogen) atoms. The molecular formula is C13H16F3NO. The van der Waals surface area contributed by atoms with Crippen molar-refractivity contribution >= 4 is 0 Å². The van der Waals surface area contributed by atoms with Crippen molar-refractivity contribution in [2.45, 2.75) is 51.3 Å². The summed E-state index contributed by atoms with van der Waals surface area (Å²) in [6, 6.07) is 2.99. The first kappa shape index (κ1) is 13.2. The van der Waals surface area contributed by atoms with Crippen molar-refractivity contribution in [2.24, 2.45) is 0 Å². The monoisotopic (exact) mass is 259 g/mol. The summed E-state index contributed by atoms with van der Waals surface area (Å²) in [7, 11) is 0. The lowest BCUT2D eigenvalue weighted by molar-refractivity contribution is -0.142. The molecule has 1 aliphatic rings. The van der Waals surface area contributed by atoms with E-state index in [1.54, 1.807) is 6.07 Å². The SMILES string of the molecule is CC(C)(C)c1ccc(OC2CC2)c(C(F)(F)F)n1. The smallest absolute Gasteiger partial charge is 0.437 e. The minimum atomic E-state index is -4.48. The van der Waals surface area contributed by atoms with Gasteiger partial charge in [0.1, 0.15) is 0 Å². The van der Waals surface area contributed by atoms with Crippen LogP contribution in [0.4, 0.5) is 13.2 Å². The van der Waals surface area contributed by atoms with Gasteiger partial charge in [-0.25, -0.2) is 4.98 Å². The largest absolute Gasteiger partial charge is 0.488 e. The minimum Gasteiger partial charge on any atom is -0.488 e. The number of halogens is 3. The summed E-state index contributed by atoms with van der Waals surface area (Å²) < 4.78 is 44.1. The lowest BCUT2D eigenvalue weighted by Crippen LogP contribution is -2.19. The van der Waals surface area contributed by atoms with Crippen LogP contribution in [0.15, 0.2) is 12.1 Å². The van der Waals surface area contributed by atoms with E-state index in [0.717, 1.165) is 12.8 Å². The Bertz CT molecular complexity index is 445. The van der Waals surface area contributed by atoms with Gasteiger partial charge in [0.05, 0.1) is 6.10 Å². The molecule has 100 valence electrons. The maximum absolute atomic E-state index is 12.9. The Morgan fingerprint density at radius 3 is 2.22 bits per heavy atom. The first-order valence-electron chi connectivity index (χ1n) is 5.93. The van der Waals surface area contributed by atoms with Crippen LogP contribution < -0.4 is 4.74 Å². The van der Waals surface area contributed by atoms with Crippen LogP contribution in [0.2, 0.25) is 0 Å². The van der Waals surface area contributed by atoms with Crippen LogP contribution in [0.25, 0.3) is 0 Å². The molecule has 0 radical (unpaired) electrons. The van der Waals surface area contributed by atoms with Crippen molar-refractivity contribution in [2.75, 3.05) is 0 Å². The van der Waals surface area contributed by atoms with E-state index in [0.29, 0.717) is 5.69 Å². The molecule has 0 aromatic carbocycles. The lowest BCUT2D eigenvalue weighted by Gasteiger charge is -2.21. The summed E-state index contributed by atoms with van der Waals surface area (Å²) in [4.78, 5) is 3.75. The van der Waals surface area contributed by atoms with Gasteiger partial charge in [-0.2, -0.15) is 13.2 Å². The molecule has 0 unspecified atom stereocenters. The van der Waals surface area contributed by atoms with E-state index in [1.807, 2.05) is 20.8 Å². The number of rotatable bonds is 2. The molecule has 1 heterocycles. The molecule has 0 spiro atoms. The summed E-state index contributed by atoms with van der Waals surface area (Å²) in [5, 5.41) is 0. The van der Waals surface area contributed by atoms with Gasteiger partial charge in [-0.05, 0) is 25.0 Å². The van der Waals surface area contributed by atoms with E-state index in [2.05, 4.69) is 4.98 Å². The highest BCUT2D eigenvalue weighted by atomic mass is 19.4. The highest BCUT2D eigenvalue weighted by Gasteiger charge is 2.39. The Morgan fingerprint density at radius 2 is 1.78 bits per heavy atom. The van der Waals surface area contributed by atoms with Crippen molar-refractivity contribution in [3.63, 3.8) is 0 Å². The van der Waals surface area contributed by atoms with Crippen LogP contribution in [0.5, 0.6) is 5.75 Å². The lowest BCUT2D eigenvalue weighted by atomic mass is 9.91. The topological polar surface area (TPSA) is 22.1 Å². The van der Waals surface area contributed by atoms with E-state index in [1.165, 1.54) is 6.07 Å². The van der Waals surface area contributed by atoms with Crippen LogP contribution >= 0.6 is 0 Å². The van der Waals surface area contributed by atoms with Crippen LogP contribution in [-0.2, 0) is 11.6 Å². The molecule has 1 saturated carbocycles. The summed E-state index contributed by atoms with van der Waals surface area (Å²) in [6.45, 7) is 5.49. The van der Waals surface area contributed by atoms with E-state index < -0.39 is 17.3 Å². The van der Waals surface area contributed by atoms with Gasteiger partial charge < -0.3 is 4.74 Å². The van der Waals surface area contributed by atoms with Crippen molar-refractivity contribution in [1.82, 2.24) is 4.98 Å². The highest BCUT2D eigenvalue weighted by molar-refractivity contribution is 5.34. The molecular weight excluding hydrogens is 243 g/mol. The van der Waals surface area contributed by atoms with Gasteiger partial charge in [-0.1, -0.05) is 20.8 Å². The van der Waals surface area contributed by atoms with E-state index in [-0.39, 0.29) is 11.9 Å². The van der Waals surface area contributed by atoms with E-state index >= 15 is 0 Å². The van der Waals surface area contributed by atoms with Gasteiger partial charge in [0.2, 0.25) is 0 Å². The summed E-state index contributed by atoms with van der Waals surface area (Å²) in [6.07, 6.45) is -2.92. The first-order chi connectivity index (χ1) is 8.18. The Kier molecular flexibility index (Phi) is 3.03. The third-order valence-corrected chi connectivity index (χ3v) is 2.71. The summed E-state index contributed by atoms with van der Waals surface area (Å²) in [5.41, 5.74) is -0.919. The molecule has 0 amide bonds. The van der Waals surface area contributed by atoms with Crippen molar-refractivity contribution < 1.29 is 17.9 Å². The number of pyridine rings is 1. The second-order valence-electron chi connectivity index (χ2n) is 5.61. The summed E-state index contributed by atoms with van der Waals surface area (Å²) >= 11 is 0. The third kappa shape index (κ3) is 2.94. The average Bonchev–Trinajstić information content (AvgIpc) is 2.98. The van der Waals surface area contributed by atoms with Gasteiger partial charge in [-0.15, -0.1) is 0 Å². The van der Waals surface area contributed by atoms with Crippen molar-refractivity contribution in [1.29, 1.82) is 0 Å². The molecule has 0 aliphatic heterocycles. The predicted molar refractivity (Wildman–Crippen MR) is 61.6 cm³/mol. The quantitative estimate of drug-likeness (QED) is 0.802. The molecule has 1 fully saturated rings. The van der Waals surface area contributed by atoms with Crippen LogP contribution in [0.3, 0.4) is 0 Å². The van der Waals surface area contributed by atoms with Gasteiger partial charge in [0.25, 0.3) is 0 Å². The standard InChI is InChI=1S/C13H16F3NO/c1-12(2,3)10-7-6-9(18-8-4-5-8)11(17-10)13(14,15)16/h6-8H,4-5H2,1-3H3. The Labute approximate surface area is 104 Å². The van der Waals surface area contributed by atoms with E-state index in [9.17, 15) is 13.2 Å². The predicted octanol–water partition coefficient (Wildman–Crippen LogP) is 3.94. The Hall–Kier alpha value is -1.26. The normalized spacial score (nSPS) is 16.8. The van der Waals surface area contributed by atoms with Crippen molar-refractivity contribution in [3.8, 4) is 5.75 Å². The van der Waals surface area contributed by atoms with Crippen molar-refractivity contribution in [3.05, 3.63) is 23.5 Å². The molecule has 1 aromatic heterocycles. The zero-order valence-corrected chi connectivity index (χ0v) is 10.6. The fourth-order valence-corrected chi connectivity index (χ4v) is 1.53. The number of alkyl halides is 3. The highest BCUT2D eigenvalue weighted by Crippen LogP contribution is 2.38. The number of hydrogen-bond donors (Lipinski definition) is 0. The van der Waals surface area contributed by atoms with Crippen LogP contribution in [0, 0.1) is 0 Å². The first-order valence-corrected chi connectivity index (χ1v) is 5.93. The van der Waals surface area contributed by atoms with Gasteiger partial charge in [-0.3, -0.25) is 0 Å². The van der Waals surface area contributed by atoms with Gasteiger partial charge in [0.15, 0.2) is 11.4 Å². The molecule has 2 rings (SSSR count). The molecule has 0 N–H and O–H groups in total. The molecule has 1 aliphatic carbocycles. The Balaban J connectivity index is 2.41. The second-order valence-corrected chi connectivity index (χ2v) is 5.61. The number of hydrogen-bond acceptors (Lipinski definition) is 2. The molecule has 5 heteroatoms. The van der Waals surface area contributed by atoms with Crippen LogP contribution in [0.1, 0.15) is 45.0 Å². The second kappa shape index (κ2) is 4.14. The molecule has 1 aromatic rings. The Morgan fingerprint density at radius 1 is 1.17 bits per heavy atom.